The van der Waals surface area contributed by atoms with Crippen LogP contribution in [0.4, 0.5) is 13.2 Å². The molecular formula is C20H20F3NO6. The number of alkyl halides is 3. The van der Waals surface area contributed by atoms with E-state index in [0.717, 1.165) is 0 Å². The molecule has 4 rings (SSSR count). The Balaban J connectivity index is 1.58. The molecule has 30 heavy (non-hydrogen) atoms. The van der Waals surface area contributed by atoms with Gasteiger partial charge in [0.25, 0.3) is 0 Å². The van der Waals surface area contributed by atoms with Gasteiger partial charge in [-0.15, -0.1) is 0 Å². The third-order valence-electron chi connectivity index (χ3n) is 4.39. The number of nitrogens with zero attached hydrogens (tertiary/aromatic N) is 1. The highest BCUT2D eigenvalue weighted by Gasteiger charge is 2.29. The number of halogens is 3. The average Bonchev–Trinajstić information content (AvgIpc) is 2.76. The van der Waals surface area contributed by atoms with Gasteiger partial charge in [-0.05, 0) is 17.7 Å². The molecule has 0 radical (unpaired) electrons. The first-order chi connectivity index (χ1) is 14.5. The standard InChI is InChI=1S/C20H20F3NO6/c21-20(22,23)12-30-14-3-1-13(2-4-14)17-18-16(27-7-8-28-18)9-24-19(17)29-11-15-10-25-5-6-26-15/h1-4,9,15H,5-8,10-12H2. The monoisotopic (exact) mass is 427 g/mol. The first kappa shape index (κ1) is 20.5. The van der Waals surface area contributed by atoms with E-state index in [4.69, 9.17) is 28.4 Å². The van der Waals surface area contributed by atoms with E-state index in [0.29, 0.717) is 61.5 Å². The normalized spacial score (nSPS) is 18.7. The van der Waals surface area contributed by atoms with Crippen molar-refractivity contribution in [3.8, 4) is 34.3 Å². The van der Waals surface area contributed by atoms with Gasteiger partial charge < -0.3 is 28.4 Å². The summed E-state index contributed by atoms with van der Waals surface area (Å²) in [5.41, 5.74) is 1.19. The van der Waals surface area contributed by atoms with Crippen LogP contribution in [0.5, 0.6) is 23.1 Å². The fourth-order valence-electron chi connectivity index (χ4n) is 3.05. The molecule has 0 aliphatic carbocycles. The topological polar surface area (TPSA) is 68.3 Å². The van der Waals surface area contributed by atoms with Crippen LogP contribution in [-0.4, -0.2) is 63.5 Å². The largest absolute Gasteiger partial charge is 0.485 e. The van der Waals surface area contributed by atoms with Gasteiger partial charge in [0.2, 0.25) is 5.88 Å². The van der Waals surface area contributed by atoms with Crippen molar-refractivity contribution < 1.29 is 41.6 Å². The van der Waals surface area contributed by atoms with Gasteiger partial charge in [0.1, 0.15) is 31.7 Å². The van der Waals surface area contributed by atoms with Gasteiger partial charge in [-0.25, -0.2) is 4.98 Å². The second-order valence-electron chi connectivity index (χ2n) is 6.64. The Morgan fingerprint density at radius 2 is 1.80 bits per heavy atom. The number of hydrogen-bond donors (Lipinski definition) is 0. The molecule has 1 unspecified atom stereocenters. The second kappa shape index (κ2) is 8.97. The quantitative estimate of drug-likeness (QED) is 0.701. The summed E-state index contributed by atoms with van der Waals surface area (Å²) in [6.45, 7) is 1.09. The molecule has 1 fully saturated rings. The van der Waals surface area contributed by atoms with Gasteiger partial charge in [-0.3, -0.25) is 0 Å². The highest BCUT2D eigenvalue weighted by Crippen LogP contribution is 2.44. The van der Waals surface area contributed by atoms with Crippen LogP contribution in [0.15, 0.2) is 30.5 Å². The minimum atomic E-state index is -4.40. The van der Waals surface area contributed by atoms with Crippen molar-refractivity contribution in [1.29, 1.82) is 0 Å². The number of rotatable bonds is 6. The fourth-order valence-corrected chi connectivity index (χ4v) is 3.05. The van der Waals surface area contributed by atoms with Crippen LogP contribution < -0.4 is 18.9 Å². The maximum Gasteiger partial charge on any atom is 0.422 e. The number of aromatic nitrogens is 1. The lowest BCUT2D eigenvalue weighted by atomic mass is 10.1. The lowest BCUT2D eigenvalue weighted by Gasteiger charge is -2.25. The molecule has 2 aromatic rings. The number of hydrogen-bond acceptors (Lipinski definition) is 7. The zero-order chi connectivity index (χ0) is 21.0. The van der Waals surface area contributed by atoms with E-state index in [2.05, 4.69) is 4.98 Å². The third-order valence-corrected chi connectivity index (χ3v) is 4.39. The van der Waals surface area contributed by atoms with Crippen LogP contribution in [0.2, 0.25) is 0 Å². The van der Waals surface area contributed by atoms with Crippen molar-refractivity contribution in [1.82, 2.24) is 4.98 Å². The Kier molecular flexibility index (Phi) is 6.14. The molecule has 2 aliphatic rings. The molecule has 0 spiro atoms. The van der Waals surface area contributed by atoms with Crippen molar-refractivity contribution in [2.45, 2.75) is 12.3 Å². The van der Waals surface area contributed by atoms with Gasteiger partial charge in [-0.1, -0.05) is 12.1 Å². The van der Waals surface area contributed by atoms with Crippen LogP contribution >= 0.6 is 0 Å². The Labute approximate surface area is 170 Å². The lowest BCUT2D eigenvalue weighted by molar-refractivity contribution is -0.153. The molecule has 162 valence electrons. The zero-order valence-corrected chi connectivity index (χ0v) is 15.9. The summed E-state index contributed by atoms with van der Waals surface area (Å²) in [5.74, 6) is 1.34. The summed E-state index contributed by atoms with van der Waals surface area (Å²) in [6, 6.07) is 6.14. The van der Waals surface area contributed by atoms with Gasteiger partial charge >= 0.3 is 6.18 Å². The minimum Gasteiger partial charge on any atom is -0.485 e. The van der Waals surface area contributed by atoms with Crippen molar-refractivity contribution in [3.63, 3.8) is 0 Å². The van der Waals surface area contributed by atoms with Crippen molar-refractivity contribution in [2.75, 3.05) is 46.2 Å². The van der Waals surface area contributed by atoms with Crippen molar-refractivity contribution in [3.05, 3.63) is 30.5 Å². The summed E-state index contributed by atoms with van der Waals surface area (Å²) in [4.78, 5) is 4.34. The molecule has 10 heteroatoms. The predicted octanol–water partition coefficient (Wildman–Crippen LogP) is 3.26. The Morgan fingerprint density at radius 3 is 2.53 bits per heavy atom. The number of pyridine rings is 1. The Hall–Kier alpha value is -2.72. The van der Waals surface area contributed by atoms with Crippen LogP contribution in [-0.2, 0) is 9.47 Å². The maximum absolute atomic E-state index is 12.4. The summed E-state index contributed by atoms with van der Waals surface area (Å²) in [5, 5.41) is 0. The minimum absolute atomic E-state index is 0.0984. The van der Waals surface area contributed by atoms with Crippen molar-refractivity contribution >= 4 is 0 Å². The summed E-state index contributed by atoms with van der Waals surface area (Å²) in [7, 11) is 0. The molecule has 0 saturated carbocycles. The molecule has 7 nitrogen and oxygen atoms in total. The van der Waals surface area contributed by atoms with E-state index in [1.807, 2.05) is 0 Å². The molecule has 1 aromatic carbocycles. The Morgan fingerprint density at radius 1 is 1.00 bits per heavy atom. The molecule has 0 N–H and O–H groups in total. The average molecular weight is 427 g/mol. The van der Waals surface area contributed by atoms with E-state index in [1.54, 1.807) is 12.1 Å². The van der Waals surface area contributed by atoms with E-state index >= 15 is 0 Å². The van der Waals surface area contributed by atoms with Crippen LogP contribution in [0, 0.1) is 0 Å². The molecule has 3 heterocycles. The summed E-state index contributed by atoms with van der Waals surface area (Å²) < 4.78 is 70.1. The molecule has 1 saturated heterocycles. The van der Waals surface area contributed by atoms with E-state index in [9.17, 15) is 13.2 Å². The highest BCUT2D eigenvalue weighted by atomic mass is 19.4. The van der Waals surface area contributed by atoms with Gasteiger partial charge in [0.15, 0.2) is 18.1 Å². The predicted molar refractivity (Wildman–Crippen MR) is 98.3 cm³/mol. The highest BCUT2D eigenvalue weighted by molar-refractivity contribution is 5.78. The van der Waals surface area contributed by atoms with Crippen LogP contribution in [0.1, 0.15) is 0 Å². The third kappa shape index (κ3) is 5.06. The van der Waals surface area contributed by atoms with Crippen molar-refractivity contribution in [2.24, 2.45) is 0 Å². The number of ether oxygens (including phenoxy) is 6. The smallest absolute Gasteiger partial charge is 0.422 e. The second-order valence-corrected chi connectivity index (χ2v) is 6.64. The first-order valence-electron chi connectivity index (χ1n) is 9.40. The van der Waals surface area contributed by atoms with Crippen LogP contribution in [0.3, 0.4) is 0 Å². The summed E-state index contributed by atoms with van der Waals surface area (Å²) in [6.07, 6.45) is -3.11. The first-order valence-corrected chi connectivity index (χ1v) is 9.40. The van der Waals surface area contributed by atoms with E-state index in [1.165, 1.54) is 18.3 Å². The molecular weight excluding hydrogens is 407 g/mol. The SMILES string of the molecule is FC(F)(F)COc1ccc(-c2c(OCC3COCCO3)ncc3c2OCCO3)cc1. The number of fused-ring (bicyclic) bond motifs is 1. The zero-order valence-electron chi connectivity index (χ0n) is 15.9. The maximum atomic E-state index is 12.4. The molecule has 2 aliphatic heterocycles. The van der Waals surface area contributed by atoms with E-state index < -0.39 is 12.8 Å². The van der Waals surface area contributed by atoms with Gasteiger partial charge in [-0.2, -0.15) is 13.2 Å². The molecule has 0 bridgehead atoms. The number of benzene rings is 1. The van der Waals surface area contributed by atoms with Crippen LogP contribution in [0.25, 0.3) is 11.1 Å². The Bertz CT molecular complexity index is 853. The van der Waals surface area contributed by atoms with E-state index in [-0.39, 0.29) is 18.5 Å². The molecule has 1 atom stereocenters. The lowest BCUT2D eigenvalue weighted by Crippen LogP contribution is -2.33. The van der Waals surface area contributed by atoms with Gasteiger partial charge in [0, 0.05) is 0 Å². The van der Waals surface area contributed by atoms with Gasteiger partial charge in [0.05, 0.1) is 31.6 Å². The molecule has 1 aromatic heterocycles. The molecule has 0 amide bonds. The fraction of sp³-hybridized carbons (Fsp3) is 0.450. The summed E-state index contributed by atoms with van der Waals surface area (Å²) >= 11 is 0.